The zero-order valence-corrected chi connectivity index (χ0v) is 22.2. The number of aryl methyl sites for hydroxylation is 1. The maximum absolute atomic E-state index is 13.5. The molecule has 7 nitrogen and oxygen atoms in total. The van der Waals surface area contributed by atoms with Crippen LogP contribution in [0.15, 0.2) is 64.6 Å². The number of anilines is 1. The lowest BCUT2D eigenvalue weighted by Crippen LogP contribution is -2.54. The normalized spacial score (nSPS) is 14.7. The molecule has 0 unspecified atom stereocenters. The summed E-state index contributed by atoms with van der Waals surface area (Å²) in [5.74, 6) is -1.49. The van der Waals surface area contributed by atoms with E-state index in [4.69, 9.17) is 21.1 Å². The largest absolute Gasteiger partial charge is 0.490 e. The molecule has 0 saturated carbocycles. The standard InChI is InChI=1S/C27H21BrClFN2O5/c1-3-36-23-13-17(12-22(29)24(23)37-14-16-5-4-6-18(30)10-16)11-20-25(33)31-27(35)32(26(20)34)19-7-8-21(28)15(2)9-19/h4-13H,3,14H2,1-2H3,(H,31,33,35)/b20-11+. The van der Waals surface area contributed by atoms with Crippen LogP contribution in [0.5, 0.6) is 11.5 Å². The number of amides is 4. The Labute approximate surface area is 225 Å². The molecule has 1 saturated heterocycles. The molecule has 3 aromatic carbocycles. The van der Waals surface area contributed by atoms with E-state index < -0.39 is 17.8 Å². The Hall–Kier alpha value is -3.69. The third-order valence-electron chi connectivity index (χ3n) is 5.42. The number of rotatable bonds is 7. The van der Waals surface area contributed by atoms with E-state index in [9.17, 15) is 18.8 Å². The van der Waals surface area contributed by atoms with Crippen LogP contribution in [0.1, 0.15) is 23.6 Å². The van der Waals surface area contributed by atoms with Gasteiger partial charge >= 0.3 is 6.03 Å². The zero-order chi connectivity index (χ0) is 26.7. The van der Waals surface area contributed by atoms with Crippen LogP contribution in [-0.2, 0) is 16.2 Å². The monoisotopic (exact) mass is 586 g/mol. The Morgan fingerprint density at radius 1 is 1.08 bits per heavy atom. The summed E-state index contributed by atoms with van der Waals surface area (Å²) >= 11 is 9.86. The van der Waals surface area contributed by atoms with Crippen molar-refractivity contribution in [2.75, 3.05) is 11.5 Å². The zero-order valence-electron chi connectivity index (χ0n) is 19.8. The summed E-state index contributed by atoms with van der Waals surface area (Å²) in [7, 11) is 0. The molecule has 1 aliphatic heterocycles. The number of carbonyl (C=O) groups is 3. The van der Waals surface area contributed by atoms with Gasteiger partial charge in [-0.2, -0.15) is 0 Å². The Balaban J connectivity index is 1.67. The average Bonchev–Trinajstić information content (AvgIpc) is 2.83. The molecule has 10 heteroatoms. The van der Waals surface area contributed by atoms with Crippen molar-refractivity contribution in [3.8, 4) is 11.5 Å². The molecule has 190 valence electrons. The van der Waals surface area contributed by atoms with E-state index in [0.717, 1.165) is 14.9 Å². The number of nitrogens with zero attached hydrogens (tertiary/aromatic N) is 1. The molecule has 0 aromatic heterocycles. The predicted molar refractivity (Wildman–Crippen MR) is 141 cm³/mol. The van der Waals surface area contributed by atoms with Crippen LogP contribution in [0, 0.1) is 12.7 Å². The first-order valence-electron chi connectivity index (χ1n) is 11.2. The number of urea groups is 1. The second-order valence-corrected chi connectivity index (χ2v) is 9.33. The van der Waals surface area contributed by atoms with Crippen molar-refractivity contribution in [3.63, 3.8) is 0 Å². The van der Waals surface area contributed by atoms with Gasteiger partial charge in [0.1, 0.15) is 18.0 Å². The minimum absolute atomic E-state index is 0.0442. The molecule has 1 aliphatic rings. The van der Waals surface area contributed by atoms with Crippen molar-refractivity contribution in [3.05, 3.63) is 92.2 Å². The maximum atomic E-state index is 13.5. The molecule has 0 bridgehead atoms. The number of imide groups is 2. The lowest BCUT2D eigenvalue weighted by molar-refractivity contribution is -0.122. The van der Waals surface area contributed by atoms with Crippen molar-refractivity contribution >= 4 is 57.1 Å². The van der Waals surface area contributed by atoms with Crippen molar-refractivity contribution < 1.29 is 28.2 Å². The summed E-state index contributed by atoms with van der Waals surface area (Å²) in [4.78, 5) is 39.2. The fourth-order valence-corrected chi connectivity index (χ4v) is 4.20. The van der Waals surface area contributed by atoms with E-state index >= 15 is 0 Å². The molecule has 0 aliphatic carbocycles. The van der Waals surface area contributed by atoms with Gasteiger partial charge in [-0.25, -0.2) is 14.1 Å². The summed E-state index contributed by atoms with van der Waals surface area (Å²) in [5, 5.41) is 2.36. The van der Waals surface area contributed by atoms with Gasteiger partial charge in [0, 0.05) is 4.47 Å². The molecule has 0 atom stereocenters. The number of hydrogen-bond acceptors (Lipinski definition) is 5. The van der Waals surface area contributed by atoms with Gasteiger partial charge in [-0.3, -0.25) is 14.9 Å². The van der Waals surface area contributed by atoms with Crippen molar-refractivity contribution in [1.82, 2.24) is 5.32 Å². The topological polar surface area (TPSA) is 84.9 Å². The fourth-order valence-electron chi connectivity index (χ4n) is 3.68. The molecule has 0 radical (unpaired) electrons. The first-order chi connectivity index (χ1) is 17.7. The Kier molecular flexibility index (Phi) is 7.94. The van der Waals surface area contributed by atoms with E-state index in [1.165, 1.54) is 24.3 Å². The lowest BCUT2D eigenvalue weighted by atomic mass is 10.1. The first kappa shape index (κ1) is 26.4. The fraction of sp³-hybridized carbons (Fsp3) is 0.148. The summed E-state index contributed by atoms with van der Waals surface area (Å²) in [6.45, 7) is 3.92. The highest BCUT2D eigenvalue weighted by atomic mass is 79.9. The van der Waals surface area contributed by atoms with Crippen LogP contribution in [-0.4, -0.2) is 24.5 Å². The highest BCUT2D eigenvalue weighted by molar-refractivity contribution is 9.10. The SMILES string of the molecule is CCOc1cc(/C=C2\C(=O)NC(=O)N(c3ccc(Br)c(C)c3)C2=O)cc(Cl)c1OCc1cccc(F)c1. The molecule has 37 heavy (non-hydrogen) atoms. The van der Waals surface area contributed by atoms with Crippen LogP contribution >= 0.6 is 27.5 Å². The van der Waals surface area contributed by atoms with Gasteiger partial charge in [-0.05, 0) is 79.1 Å². The minimum Gasteiger partial charge on any atom is -0.490 e. The molecule has 1 fully saturated rings. The van der Waals surface area contributed by atoms with Crippen LogP contribution < -0.4 is 19.7 Å². The Morgan fingerprint density at radius 3 is 2.57 bits per heavy atom. The van der Waals surface area contributed by atoms with Crippen molar-refractivity contribution in [1.29, 1.82) is 0 Å². The summed E-state index contributed by atoms with van der Waals surface area (Å²) in [5.41, 5.74) is 1.85. The van der Waals surface area contributed by atoms with Crippen LogP contribution in [0.4, 0.5) is 14.9 Å². The number of ether oxygens (including phenoxy) is 2. The van der Waals surface area contributed by atoms with E-state index in [1.54, 1.807) is 43.3 Å². The van der Waals surface area contributed by atoms with E-state index in [0.29, 0.717) is 16.8 Å². The summed E-state index contributed by atoms with van der Waals surface area (Å²) in [6, 6.07) is 13.1. The molecule has 4 rings (SSSR count). The van der Waals surface area contributed by atoms with Gasteiger partial charge in [0.25, 0.3) is 11.8 Å². The number of nitrogens with one attached hydrogen (secondary N) is 1. The van der Waals surface area contributed by atoms with E-state index in [1.807, 2.05) is 6.92 Å². The number of barbiturate groups is 1. The number of carbonyl (C=O) groups excluding carboxylic acids is 3. The van der Waals surface area contributed by atoms with Crippen LogP contribution in [0.3, 0.4) is 0 Å². The molecule has 1 heterocycles. The molecular formula is C27H21BrClFN2O5. The average molecular weight is 588 g/mol. The smallest absolute Gasteiger partial charge is 0.335 e. The molecular weight excluding hydrogens is 567 g/mol. The second kappa shape index (κ2) is 11.1. The highest BCUT2D eigenvalue weighted by Gasteiger charge is 2.37. The van der Waals surface area contributed by atoms with Crippen LogP contribution in [0.2, 0.25) is 5.02 Å². The quantitative estimate of drug-likeness (QED) is 0.263. The van der Waals surface area contributed by atoms with Gasteiger partial charge in [-0.1, -0.05) is 39.7 Å². The van der Waals surface area contributed by atoms with Crippen molar-refractivity contribution in [2.45, 2.75) is 20.5 Å². The minimum atomic E-state index is -0.844. The molecule has 0 spiro atoms. The van der Waals surface area contributed by atoms with Crippen LogP contribution in [0.25, 0.3) is 6.08 Å². The van der Waals surface area contributed by atoms with Gasteiger partial charge < -0.3 is 9.47 Å². The Morgan fingerprint density at radius 2 is 1.86 bits per heavy atom. The molecule has 3 aromatic rings. The van der Waals surface area contributed by atoms with Gasteiger partial charge in [-0.15, -0.1) is 0 Å². The number of hydrogen-bond donors (Lipinski definition) is 1. The Bertz CT molecular complexity index is 1440. The van der Waals surface area contributed by atoms with Crippen molar-refractivity contribution in [2.24, 2.45) is 0 Å². The number of halogens is 3. The van der Waals surface area contributed by atoms with Gasteiger partial charge in [0.15, 0.2) is 11.5 Å². The third kappa shape index (κ3) is 5.84. The molecule has 4 amide bonds. The van der Waals surface area contributed by atoms with E-state index in [2.05, 4.69) is 21.2 Å². The van der Waals surface area contributed by atoms with Gasteiger partial charge in [0.2, 0.25) is 0 Å². The highest BCUT2D eigenvalue weighted by Crippen LogP contribution is 2.38. The summed E-state index contributed by atoms with van der Waals surface area (Å²) < 4.78 is 25.8. The summed E-state index contributed by atoms with van der Waals surface area (Å²) in [6.07, 6.45) is 1.33. The predicted octanol–water partition coefficient (Wildman–Crippen LogP) is 6.19. The second-order valence-electron chi connectivity index (χ2n) is 8.07. The van der Waals surface area contributed by atoms with E-state index in [-0.39, 0.29) is 41.1 Å². The lowest BCUT2D eigenvalue weighted by Gasteiger charge is -2.26. The first-order valence-corrected chi connectivity index (χ1v) is 12.4. The molecule has 1 N–H and O–H groups in total. The maximum Gasteiger partial charge on any atom is 0.335 e. The van der Waals surface area contributed by atoms with Gasteiger partial charge in [0.05, 0.1) is 17.3 Å². The third-order valence-corrected chi connectivity index (χ3v) is 6.59. The number of benzene rings is 3.